The first kappa shape index (κ1) is 21.6. The molecule has 7 heteroatoms. The fourth-order valence-electron chi connectivity index (χ4n) is 2.53. The molecule has 0 aromatic heterocycles. The molecule has 0 heterocycles. The van der Waals surface area contributed by atoms with E-state index >= 15 is 0 Å². The number of rotatable bonds is 8. The monoisotopic (exact) mass is 446 g/mol. The molecule has 28 heavy (non-hydrogen) atoms. The lowest BCUT2D eigenvalue weighted by Gasteiger charge is -2.09. The molecule has 0 spiro atoms. The lowest BCUT2D eigenvalue weighted by Crippen LogP contribution is -2.27. The van der Waals surface area contributed by atoms with Gasteiger partial charge in [-0.3, -0.25) is 9.59 Å². The Hall–Kier alpha value is -2.67. The van der Waals surface area contributed by atoms with Gasteiger partial charge in [0.05, 0.1) is 12.7 Å². The summed E-state index contributed by atoms with van der Waals surface area (Å²) in [5, 5.41) is 5.59. The summed E-state index contributed by atoms with van der Waals surface area (Å²) in [6, 6.07) is 12.6. The van der Waals surface area contributed by atoms with E-state index in [1.165, 1.54) is 7.11 Å². The topological polar surface area (TPSA) is 84.5 Å². The van der Waals surface area contributed by atoms with E-state index < -0.39 is 0 Å². The van der Waals surface area contributed by atoms with Crippen LogP contribution in [0.25, 0.3) is 0 Å². The second kappa shape index (κ2) is 10.6. The van der Waals surface area contributed by atoms with Crippen molar-refractivity contribution in [1.82, 2.24) is 5.32 Å². The van der Waals surface area contributed by atoms with Crippen molar-refractivity contribution in [3.63, 3.8) is 0 Å². The molecule has 2 aromatic carbocycles. The molecule has 148 valence electrons. The predicted octanol–water partition coefficient (Wildman–Crippen LogP) is 3.62. The number of halogens is 1. The highest BCUT2D eigenvalue weighted by molar-refractivity contribution is 9.10. The number of amides is 2. The van der Waals surface area contributed by atoms with Crippen molar-refractivity contribution in [3.8, 4) is 0 Å². The molecule has 0 bridgehead atoms. The van der Waals surface area contributed by atoms with Gasteiger partial charge in [-0.15, -0.1) is 0 Å². The number of carbonyl (C=O) groups is 3. The van der Waals surface area contributed by atoms with Gasteiger partial charge in [-0.25, -0.2) is 4.79 Å². The van der Waals surface area contributed by atoms with Gasteiger partial charge in [0.15, 0.2) is 0 Å². The maximum Gasteiger partial charge on any atom is 0.337 e. The van der Waals surface area contributed by atoms with Crippen LogP contribution in [0.5, 0.6) is 0 Å². The number of hydrogen-bond donors (Lipinski definition) is 2. The highest BCUT2D eigenvalue weighted by Crippen LogP contribution is 2.20. The molecule has 0 saturated carbocycles. The highest BCUT2D eigenvalue weighted by atomic mass is 79.9. The number of nitrogens with one attached hydrogen (secondary N) is 2. The zero-order chi connectivity index (χ0) is 20.5. The van der Waals surface area contributed by atoms with Crippen LogP contribution in [0.4, 0.5) is 5.69 Å². The van der Waals surface area contributed by atoms with E-state index in [1.54, 1.807) is 24.3 Å². The number of methoxy groups -OCH3 is 1. The van der Waals surface area contributed by atoms with E-state index in [-0.39, 0.29) is 30.7 Å². The van der Waals surface area contributed by atoms with Crippen LogP contribution in [-0.2, 0) is 20.7 Å². The maximum atomic E-state index is 12.0. The van der Waals surface area contributed by atoms with Crippen LogP contribution in [0.1, 0.15) is 34.3 Å². The first-order valence-electron chi connectivity index (χ1n) is 8.89. The number of benzene rings is 2. The van der Waals surface area contributed by atoms with Gasteiger partial charge in [-0.1, -0.05) is 34.1 Å². The summed E-state index contributed by atoms with van der Waals surface area (Å²) in [7, 11) is 1.33. The summed E-state index contributed by atoms with van der Waals surface area (Å²) in [6.45, 7) is 2.19. The third-order valence-corrected chi connectivity index (χ3v) is 4.66. The zero-order valence-electron chi connectivity index (χ0n) is 15.9. The average molecular weight is 447 g/mol. The average Bonchev–Trinajstić information content (AvgIpc) is 2.69. The maximum absolute atomic E-state index is 12.0. The number of esters is 1. The molecule has 0 radical (unpaired) electrons. The Balaban J connectivity index is 1.70. The zero-order valence-corrected chi connectivity index (χ0v) is 17.5. The SMILES string of the molecule is COC(=O)c1ccc(CCC(=O)NCCC(=O)Nc2cc(Br)ccc2C)cc1. The molecule has 2 N–H and O–H groups in total. The third-order valence-electron chi connectivity index (χ3n) is 4.16. The lowest BCUT2D eigenvalue weighted by atomic mass is 10.1. The van der Waals surface area contributed by atoms with Crippen LogP contribution in [0.3, 0.4) is 0 Å². The normalized spacial score (nSPS) is 10.2. The molecule has 6 nitrogen and oxygen atoms in total. The quantitative estimate of drug-likeness (QED) is 0.606. The molecule has 0 saturated heterocycles. The Morgan fingerprint density at radius 2 is 1.71 bits per heavy atom. The number of ether oxygens (including phenoxy) is 1. The number of carbonyl (C=O) groups excluding carboxylic acids is 3. The van der Waals surface area contributed by atoms with Crippen molar-refractivity contribution in [3.05, 3.63) is 63.6 Å². The van der Waals surface area contributed by atoms with Crippen LogP contribution in [0.15, 0.2) is 46.9 Å². The van der Waals surface area contributed by atoms with Crippen molar-refractivity contribution >= 4 is 39.4 Å². The fourth-order valence-corrected chi connectivity index (χ4v) is 2.89. The first-order chi connectivity index (χ1) is 13.4. The molecule has 0 aliphatic rings. The van der Waals surface area contributed by atoms with Crippen molar-refractivity contribution in [2.75, 3.05) is 19.0 Å². The van der Waals surface area contributed by atoms with Crippen molar-refractivity contribution < 1.29 is 19.1 Å². The summed E-state index contributed by atoms with van der Waals surface area (Å²) in [6.07, 6.45) is 1.06. The molecule has 2 rings (SSSR count). The largest absolute Gasteiger partial charge is 0.465 e. The van der Waals surface area contributed by atoms with Gasteiger partial charge in [0.1, 0.15) is 0 Å². The molecular formula is C21H23BrN2O4. The summed E-state index contributed by atoms with van der Waals surface area (Å²) < 4.78 is 5.54. The Morgan fingerprint density at radius 3 is 2.39 bits per heavy atom. The van der Waals surface area contributed by atoms with E-state index in [4.69, 9.17) is 0 Å². The Kier molecular flexibility index (Phi) is 8.19. The standard InChI is InChI=1S/C21H23BrN2O4/c1-14-3-9-17(22)13-18(14)24-20(26)11-12-23-19(25)10-6-15-4-7-16(8-5-15)21(27)28-2/h3-5,7-9,13H,6,10-12H2,1-2H3,(H,23,25)(H,24,26). The van der Waals surface area contributed by atoms with Gasteiger partial charge in [-0.05, 0) is 48.7 Å². The highest BCUT2D eigenvalue weighted by Gasteiger charge is 2.08. The van der Waals surface area contributed by atoms with E-state index in [9.17, 15) is 14.4 Å². The third kappa shape index (κ3) is 6.81. The van der Waals surface area contributed by atoms with E-state index in [0.29, 0.717) is 18.4 Å². The molecular weight excluding hydrogens is 424 g/mol. The summed E-state index contributed by atoms with van der Waals surface area (Å²) in [4.78, 5) is 35.4. The van der Waals surface area contributed by atoms with E-state index in [1.807, 2.05) is 25.1 Å². The van der Waals surface area contributed by atoms with Gasteiger partial charge in [0, 0.05) is 29.5 Å². The van der Waals surface area contributed by atoms with Gasteiger partial charge in [0.2, 0.25) is 11.8 Å². The predicted molar refractivity (Wildman–Crippen MR) is 111 cm³/mol. The summed E-state index contributed by atoms with van der Waals surface area (Å²) in [5.74, 6) is -0.663. The van der Waals surface area contributed by atoms with Crippen LogP contribution in [0.2, 0.25) is 0 Å². The smallest absolute Gasteiger partial charge is 0.337 e. The minimum atomic E-state index is -0.388. The van der Waals surface area contributed by atoms with Crippen LogP contribution < -0.4 is 10.6 Å². The first-order valence-corrected chi connectivity index (χ1v) is 9.68. The summed E-state index contributed by atoms with van der Waals surface area (Å²) >= 11 is 3.38. The Labute approximate surface area is 172 Å². The van der Waals surface area contributed by atoms with E-state index in [0.717, 1.165) is 21.3 Å². The van der Waals surface area contributed by atoms with Crippen LogP contribution >= 0.6 is 15.9 Å². The Bertz CT molecular complexity index is 850. The van der Waals surface area contributed by atoms with Crippen LogP contribution in [0, 0.1) is 6.92 Å². The molecule has 2 amide bonds. The molecule has 0 aliphatic heterocycles. The molecule has 0 aliphatic carbocycles. The lowest BCUT2D eigenvalue weighted by molar-refractivity contribution is -0.121. The fraction of sp³-hybridized carbons (Fsp3) is 0.286. The van der Waals surface area contributed by atoms with Gasteiger partial charge in [0.25, 0.3) is 0 Å². The number of hydrogen-bond acceptors (Lipinski definition) is 4. The van der Waals surface area contributed by atoms with Crippen molar-refractivity contribution in [2.45, 2.75) is 26.2 Å². The van der Waals surface area contributed by atoms with E-state index in [2.05, 4.69) is 31.3 Å². The van der Waals surface area contributed by atoms with Gasteiger partial charge < -0.3 is 15.4 Å². The second-order valence-corrected chi connectivity index (χ2v) is 7.21. The summed E-state index contributed by atoms with van der Waals surface area (Å²) in [5.41, 5.74) is 3.15. The number of aryl methyl sites for hydroxylation is 2. The number of anilines is 1. The Morgan fingerprint density at radius 1 is 1.00 bits per heavy atom. The van der Waals surface area contributed by atoms with Crippen molar-refractivity contribution in [1.29, 1.82) is 0 Å². The van der Waals surface area contributed by atoms with Crippen molar-refractivity contribution in [2.24, 2.45) is 0 Å². The molecule has 2 aromatic rings. The van der Waals surface area contributed by atoms with Gasteiger partial charge >= 0.3 is 5.97 Å². The molecule has 0 fully saturated rings. The van der Waals surface area contributed by atoms with Gasteiger partial charge in [-0.2, -0.15) is 0 Å². The van der Waals surface area contributed by atoms with Crippen LogP contribution in [-0.4, -0.2) is 31.4 Å². The molecule has 0 atom stereocenters. The molecule has 0 unspecified atom stereocenters. The minimum Gasteiger partial charge on any atom is -0.465 e. The minimum absolute atomic E-state index is 0.122. The second-order valence-electron chi connectivity index (χ2n) is 6.30.